The number of halogens is 1. The van der Waals surface area contributed by atoms with Gasteiger partial charge in [-0.15, -0.1) is 0 Å². The standard InChI is InChI=1S/C18H14FN3O2/c1-11-9-20-22(14-5-3-13(19)4-6-14)18(11)12-2-7-16-15(8-12)21-17(23)10-24-16/h2-9H,10H2,1H3,(H,21,23). The molecule has 0 aliphatic carbocycles. The van der Waals surface area contributed by atoms with Gasteiger partial charge >= 0.3 is 0 Å². The zero-order chi connectivity index (χ0) is 16.7. The van der Waals surface area contributed by atoms with Crippen molar-refractivity contribution in [3.05, 3.63) is 60.0 Å². The van der Waals surface area contributed by atoms with E-state index in [9.17, 15) is 9.18 Å². The lowest BCUT2D eigenvalue weighted by molar-refractivity contribution is -0.118. The number of nitrogens with one attached hydrogen (secondary N) is 1. The van der Waals surface area contributed by atoms with E-state index in [-0.39, 0.29) is 18.3 Å². The van der Waals surface area contributed by atoms with Gasteiger partial charge in [-0.1, -0.05) is 0 Å². The molecule has 0 spiro atoms. The molecule has 120 valence electrons. The molecule has 0 atom stereocenters. The summed E-state index contributed by atoms with van der Waals surface area (Å²) in [6, 6.07) is 11.7. The van der Waals surface area contributed by atoms with Crippen molar-refractivity contribution >= 4 is 11.6 Å². The van der Waals surface area contributed by atoms with Crippen LogP contribution in [0.4, 0.5) is 10.1 Å². The highest BCUT2D eigenvalue weighted by molar-refractivity contribution is 5.96. The van der Waals surface area contributed by atoms with E-state index in [4.69, 9.17) is 4.74 Å². The fraction of sp³-hybridized carbons (Fsp3) is 0.111. The minimum Gasteiger partial charge on any atom is -0.482 e. The Morgan fingerprint density at radius 2 is 2.00 bits per heavy atom. The van der Waals surface area contributed by atoms with Crippen molar-refractivity contribution in [2.75, 3.05) is 11.9 Å². The first-order chi connectivity index (χ1) is 11.6. The van der Waals surface area contributed by atoms with Gasteiger partial charge in [0, 0.05) is 5.56 Å². The van der Waals surface area contributed by atoms with Crippen LogP contribution < -0.4 is 10.1 Å². The molecule has 0 fully saturated rings. The van der Waals surface area contributed by atoms with Crippen LogP contribution in [0.1, 0.15) is 5.56 Å². The van der Waals surface area contributed by atoms with Gasteiger partial charge in [-0.2, -0.15) is 5.10 Å². The minimum atomic E-state index is -0.294. The maximum Gasteiger partial charge on any atom is 0.262 e. The van der Waals surface area contributed by atoms with Gasteiger partial charge in [-0.25, -0.2) is 9.07 Å². The molecule has 1 aliphatic rings. The first-order valence-corrected chi connectivity index (χ1v) is 7.49. The number of nitrogens with zero attached hydrogens (tertiary/aromatic N) is 2. The van der Waals surface area contributed by atoms with Crippen LogP contribution in [-0.4, -0.2) is 22.3 Å². The molecule has 3 aromatic rings. The number of benzene rings is 2. The third-order valence-electron chi connectivity index (χ3n) is 3.91. The highest BCUT2D eigenvalue weighted by Crippen LogP contribution is 2.34. The number of hydrogen-bond donors (Lipinski definition) is 1. The molecular formula is C18H14FN3O2. The van der Waals surface area contributed by atoms with E-state index in [0.29, 0.717) is 11.4 Å². The first-order valence-electron chi connectivity index (χ1n) is 7.49. The largest absolute Gasteiger partial charge is 0.482 e. The van der Waals surface area contributed by atoms with Crippen LogP contribution in [0.15, 0.2) is 48.7 Å². The zero-order valence-electron chi connectivity index (χ0n) is 12.9. The lowest BCUT2D eigenvalue weighted by Gasteiger charge is -2.19. The number of amides is 1. The molecule has 5 nitrogen and oxygen atoms in total. The van der Waals surface area contributed by atoms with Crippen molar-refractivity contribution < 1.29 is 13.9 Å². The second-order valence-electron chi connectivity index (χ2n) is 5.61. The molecule has 24 heavy (non-hydrogen) atoms. The van der Waals surface area contributed by atoms with E-state index in [0.717, 1.165) is 22.5 Å². The molecule has 0 unspecified atom stereocenters. The van der Waals surface area contributed by atoms with Gasteiger partial charge in [-0.3, -0.25) is 4.79 Å². The molecule has 6 heteroatoms. The minimum absolute atomic E-state index is 0.0267. The summed E-state index contributed by atoms with van der Waals surface area (Å²) in [5.41, 5.74) is 4.14. The Morgan fingerprint density at radius 1 is 1.21 bits per heavy atom. The van der Waals surface area contributed by atoms with Crippen LogP contribution in [0.25, 0.3) is 16.9 Å². The zero-order valence-corrected chi connectivity index (χ0v) is 12.9. The molecule has 0 bridgehead atoms. The predicted molar refractivity (Wildman–Crippen MR) is 87.8 cm³/mol. The predicted octanol–water partition coefficient (Wildman–Crippen LogP) is 3.32. The molecule has 4 rings (SSSR count). The van der Waals surface area contributed by atoms with Crippen LogP contribution >= 0.6 is 0 Å². The van der Waals surface area contributed by atoms with Crippen LogP contribution in [-0.2, 0) is 4.79 Å². The number of ether oxygens (including phenoxy) is 1. The Balaban J connectivity index is 1.83. The molecular weight excluding hydrogens is 309 g/mol. The number of rotatable bonds is 2. The molecule has 0 saturated heterocycles. The van der Waals surface area contributed by atoms with Gasteiger partial charge in [0.15, 0.2) is 6.61 Å². The summed E-state index contributed by atoms with van der Waals surface area (Å²) in [6.07, 6.45) is 1.76. The van der Waals surface area contributed by atoms with Crippen LogP contribution in [0.3, 0.4) is 0 Å². The summed E-state index contributed by atoms with van der Waals surface area (Å²) in [4.78, 5) is 11.5. The van der Waals surface area contributed by atoms with Crippen molar-refractivity contribution in [2.24, 2.45) is 0 Å². The van der Waals surface area contributed by atoms with Gasteiger partial charge < -0.3 is 10.1 Å². The average molecular weight is 323 g/mol. The number of aryl methyl sites for hydroxylation is 1. The van der Waals surface area contributed by atoms with E-state index < -0.39 is 0 Å². The van der Waals surface area contributed by atoms with Crippen LogP contribution in [0.5, 0.6) is 5.75 Å². The molecule has 2 heterocycles. The third-order valence-corrected chi connectivity index (χ3v) is 3.91. The number of anilines is 1. The van der Waals surface area contributed by atoms with Gasteiger partial charge in [0.1, 0.15) is 11.6 Å². The van der Waals surface area contributed by atoms with Crippen LogP contribution in [0, 0.1) is 12.7 Å². The monoisotopic (exact) mass is 323 g/mol. The number of carbonyl (C=O) groups is 1. The number of carbonyl (C=O) groups excluding carboxylic acids is 1. The second-order valence-corrected chi connectivity index (χ2v) is 5.61. The number of aromatic nitrogens is 2. The van der Waals surface area contributed by atoms with Gasteiger partial charge in [0.05, 0.1) is 23.3 Å². The summed E-state index contributed by atoms with van der Waals surface area (Å²) in [7, 11) is 0. The Morgan fingerprint density at radius 3 is 2.79 bits per heavy atom. The van der Waals surface area contributed by atoms with Gasteiger partial charge in [0.25, 0.3) is 5.91 Å². The third kappa shape index (κ3) is 2.42. The molecule has 1 aromatic heterocycles. The van der Waals surface area contributed by atoms with E-state index in [2.05, 4.69) is 10.4 Å². The second kappa shape index (κ2) is 5.49. The quantitative estimate of drug-likeness (QED) is 0.787. The Labute approximate surface area is 137 Å². The van der Waals surface area contributed by atoms with E-state index in [1.54, 1.807) is 23.0 Å². The smallest absolute Gasteiger partial charge is 0.262 e. The Kier molecular flexibility index (Phi) is 3.30. The van der Waals surface area contributed by atoms with Crippen molar-refractivity contribution in [2.45, 2.75) is 6.92 Å². The van der Waals surface area contributed by atoms with Crippen molar-refractivity contribution in [1.82, 2.24) is 9.78 Å². The summed E-state index contributed by atoms with van der Waals surface area (Å²) < 4.78 is 20.3. The lowest BCUT2D eigenvalue weighted by atomic mass is 10.1. The van der Waals surface area contributed by atoms with E-state index in [1.807, 2.05) is 25.1 Å². The van der Waals surface area contributed by atoms with Crippen molar-refractivity contribution in [1.29, 1.82) is 0 Å². The molecule has 1 aliphatic heterocycles. The molecule has 0 radical (unpaired) electrons. The molecule has 2 aromatic carbocycles. The topological polar surface area (TPSA) is 56.2 Å². The van der Waals surface area contributed by atoms with Gasteiger partial charge in [0.2, 0.25) is 0 Å². The summed E-state index contributed by atoms with van der Waals surface area (Å²) >= 11 is 0. The highest BCUT2D eigenvalue weighted by Gasteiger charge is 2.19. The van der Waals surface area contributed by atoms with Gasteiger partial charge in [-0.05, 0) is 55.0 Å². The van der Waals surface area contributed by atoms with E-state index in [1.165, 1.54) is 12.1 Å². The fourth-order valence-corrected chi connectivity index (χ4v) is 2.79. The highest BCUT2D eigenvalue weighted by atomic mass is 19.1. The maximum atomic E-state index is 13.2. The first kappa shape index (κ1) is 14.4. The maximum absolute atomic E-state index is 13.2. The summed E-state index contributed by atoms with van der Waals surface area (Å²) in [5, 5.41) is 7.20. The lowest BCUT2D eigenvalue weighted by Crippen LogP contribution is -2.25. The molecule has 0 saturated carbocycles. The van der Waals surface area contributed by atoms with E-state index >= 15 is 0 Å². The fourth-order valence-electron chi connectivity index (χ4n) is 2.79. The molecule has 1 N–H and O–H groups in total. The summed E-state index contributed by atoms with van der Waals surface area (Å²) in [5.74, 6) is 0.171. The Bertz CT molecular complexity index is 932. The van der Waals surface area contributed by atoms with Crippen molar-refractivity contribution in [3.8, 4) is 22.7 Å². The normalized spacial score (nSPS) is 13.2. The average Bonchev–Trinajstić information content (AvgIpc) is 2.96. The van der Waals surface area contributed by atoms with Crippen molar-refractivity contribution in [3.63, 3.8) is 0 Å². The SMILES string of the molecule is Cc1cnn(-c2ccc(F)cc2)c1-c1ccc2c(c1)NC(=O)CO2. The number of hydrogen-bond acceptors (Lipinski definition) is 3. The molecule has 1 amide bonds. The van der Waals surface area contributed by atoms with Crippen LogP contribution in [0.2, 0.25) is 0 Å². The summed E-state index contributed by atoms with van der Waals surface area (Å²) in [6.45, 7) is 1.98. The Hall–Kier alpha value is -3.15. The number of fused-ring (bicyclic) bond motifs is 1.